The van der Waals surface area contributed by atoms with Crippen molar-refractivity contribution in [1.29, 1.82) is 0 Å². The average molecular weight is 649 g/mol. The van der Waals surface area contributed by atoms with Crippen LogP contribution in [-0.4, -0.2) is 81.2 Å². The summed E-state index contributed by atoms with van der Waals surface area (Å²) in [6, 6.07) is 8.88. The Hall–Kier alpha value is -2.70. The molecule has 9 nitrogen and oxygen atoms in total. The molecule has 3 rings (SSSR count). The first-order valence-corrected chi connectivity index (χ1v) is 14.4. The molecule has 0 saturated carbocycles. The summed E-state index contributed by atoms with van der Waals surface area (Å²) in [7, 11) is 5.07. The maximum absolute atomic E-state index is 14.0. The summed E-state index contributed by atoms with van der Waals surface area (Å²) in [5.41, 5.74) is 13.9. The van der Waals surface area contributed by atoms with Crippen LogP contribution >= 0.6 is 0 Å². The standard InChI is InChI=1S/C32H41F3N8O.K/c1-6-21-8-9-23(18-22(21)11-13-27(36)28(29(37)38-3)30(39-4)40-7-2)31(44)41-25-12-10-24(26(19-25)32(33,34)35)20-43-16-14-42(5)15-17-43;/h8-10,12,18-19H,6-7,14-17,20H2,1-5H3,(H6,36,37,38,39,40,41,44);/q;+1/p-1. The number of piperazine rings is 1. The molecule has 0 aliphatic carbocycles. The van der Waals surface area contributed by atoms with Gasteiger partial charge >= 0.3 is 57.6 Å². The number of rotatable bonds is 8. The number of halogens is 3. The van der Waals surface area contributed by atoms with Crippen molar-refractivity contribution in [2.45, 2.75) is 33.0 Å². The largest absolute Gasteiger partial charge is 1.00 e. The van der Waals surface area contributed by atoms with E-state index in [4.69, 9.17) is 11.5 Å². The third kappa shape index (κ3) is 10.7. The Labute approximate surface area is 306 Å². The maximum atomic E-state index is 14.0. The summed E-state index contributed by atoms with van der Waals surface area (Å²) >= 11 is 0. The van der Waals surface area contributed by atoms with Crippen LogP contribution in [0.25, 0.3) is 5.32 Å². The number of nitrogens with two attached hydrogens (primary N) is 2. The van der Waals surface area contributed by atoms with Crippen LogP contribution in [0.2, 0.25) is 0 Å². The number of nitrogens with one attached hydrogen (secondary N) is 1. The van der Waals surface area contributed by atoms with E-state index in [1.165, 1.54) is 19.2 Å². The molecular formula is C32H40F3KN8O. The number of benzene rings is 2. The molecule has 236 valence electrons. The number of allylic oxidation sites excluding steroid dienone is 1. The molecule has 45 heavy (non-hydrogen) atoms. The van der Waals surface area contributed by atoms with E-state index in [2.05, 4.69) is 37.4 Å². The van der Waals surface area contributed by atoms with Gasteiger partial charge in [-0.15, -0.1) is 0 Å². The molecule has 1 aliphatic heterocycles. The Bertz CT molecular complexity index is 1500. The van der Waals surface area contributed by atoms with Crippen LogP contribution < -0.4 is 68.2 Å². The van der Waals surface area contributed by atoms with Crippen LogP contribution in [0.4, 0.5) is 18.9 Å². The van der Waals surface area contributed by atoms with Crippen molar-refractivity contribution < 1.29 is 69.4 Å². The third-order valence-corrected chi connectivity index (χ3v) is 7.26. The van der Waals surface area contributed by atoms with E-state index in [-0.39, 0.29) is 86.3 Å². The molecule has 2 aromatic rings. The van der Waals surface area contributed by atoms with Crippen molar-refractivity contribution in [1.82, 2.24) is 9.80 Å². The summed E-state index contributed by atoms with van der Waals surface area (Å²) < 4.78 is 42.1. The number of anilines is 1. The second-order valence-corrected chi connectivity index (χ2v) is 10.3. The average Bonchev–Trinajstić information content (AvgIpc) is 3.00. The van der Waals surface area contributed by atoms with Crippen LogP contribution in [-0.2, 0) is 19.1 Å². The number of amides is 1. The number of alkyl halides is 3. The minimum Gasteiger partial charge on any atom is -0.468 e. The van der Waals surface area contributed by atoms with E-state index in [1.807, 2.05) is 25.8 Å². The van der Waals surface area contributed by atoms with E-state index < -0.39 is 17.6 Å². The number of hydrogen-bond donors (Lipinski definition) is 3. The van der Waals surface area contributed by atoms with E-state index in [9.17, 15) is 18.0 Å². The van der Waals surface area contributed by atoms with Gasteiger partial charge in [0.25, 0.3) is 5.91 Å². The fourth-order valence-electron chi connectivity index (χ4n) is 4.74. The molecule has 1 amide bonds. The number of aryl methyl sites for hydroxylation is 1. The van der Waals surface area contributed by atoms with Gasteiger partial charge in [-0.3, -0.25) is 14.7 Å². The zero-order valence-electron chi connectivity index (χ0n) is 26.8. The van der Waals surface area contributed by atoms with Gasteiger partial charge in [0, 0.05) is 62.2 Å². The van der Waals surface area contributed by atoms with Crippen molar-refractivity contribution >= 4 is 23.3 Å². The molecule has 1 heterocycles. The summed E-state index contributed by atoms with van der Waals surface area (Å²) in [4.78, 5) is 25.7. The maximum Gasteiger partial charge on any atom is 1.00 e. The molecule has 1 saturated heterocycles. The van der Waals surface area contributed by atoms with Crippen LogP contribution in [0.1, 0.15) is 46.5 Å². The Kier molecular flexibility index (Phi) is 15.3. The normalized spacial score (nSPS) is 15.4. The van der Waals surface area contributed by atoms with Gasteiger partial charge in [0.2, 0.25) is 0 Å². The predicted octanol–water partition coefficient (Wildman–Crippen LogP) is 1.24. The molecule has 0 radical (unpaired) electrons. The van der Waals surface area contributed by atoms with Crippen molar-refractivity contribution in [3.8, 4) is 11.8 Å². The molecule has 0 spiro atoms. The van der Waals surface area contributed by atoms with Crippen LogP contribution in [0.3, 0.4) is 0 Å². The molecule has 0 aromatic heterocycles. The summed E-state index contributed by atoms with van der Waals surface area (Å²) in [5.74, 6) is 5.78. The van der Waals surface area contributed by atoms with Gasteiger partial charge in [-0.2, -0.15) is 13.2 Å². The number of nitrogens with zero attached hydrogens (tertiary/aromatic N) is 5. The summed E-state index contributed by atoms with van der Waals surface area (Å²) in [6.07, 6.45) is -3.95. The van der Waals surface area contributed by atoms with Crippen LogP contribution in [0, 0.1) is 11.8 Å². The zero-order valence-corrected chi connectivity index (χ0v) is 30.0. The molecular weight excluding hydrogens is 608 g/mol. The number of hydrogen-bond acceptors (Lipinski definition) is 6. The first kappa shape index (κ1) is 38.5. The Morgan fingerprint density at radius 2 is 1.73 bits per heavy atom. The number of amidine groups is 2. The van der Waals surface area contributed by atoms with Gasteiger partial charge in [-0.05, 0) is 54.8 Å². The van der Waals surface area contributed by atoms with Gasteiger partial charge in [0.1, 0.15) is 5.84 Å². The SMILES string of the molecule is CCN=C([N-]C)/C(C(N)=NC)=C(\N)C#Cc1cc(C(=O)Nc2ccc(CN3CCN(C)CC3)c(C(F)(F)F)c2)ccc1CC.[K+]. The van der Waals surface area contributed by atoms with Crippen LogP contribution in [0.5, 0.6) is 0 Å². The smallest absolute Gasteiger partial charge is 0.468 e. The molecule has 1 fully saturated rings. The van der Waals surface area contributed by atoms with E-state index >= 15 is 0 Å². The van der Waals surface area contributed by atoms with Crippen molar-refractivity contribution in [3.63, 3.8) is 0 Å². The molecule has 0 unspecified atom stereocenters. The summed E-state index contributed by atoms with van der Waals surface area (Å²) in [5, 5.41) is 6.76. The van der Waals surface area contributed by atoms with E-state index in [0.717, 1.165) is 24.7 Å². The number of carbonyl (C=O) groups excluding carboxylic acids is 1. The fraction of sp³-hybridized carbons (Fsp3) is 0.406. The van der Waals surface area contributed by atoms with Gasteiger partial charge in [-0.25, -0.2) is 0 Å². The predicted molar refractivity (Wildman–Crippen MR) is 171 cm³/mol. The van der Waals surface area contributed by atoms with Gasteiger partial charge in [0.05, 0.1) is 11.3 Å². The second kappa shape index (κ2) is 17.8. The topological polar surface area (TPSA) is 126 Å². The third-order valence-electron chi connectivity index (χ3n) is 7.26. The molecule has 0 atom stereocenters. The van der Waals surface area contributed by atoms with Gasteiger partial charge in [0.15, 0.2) is 0 Å². The minimum atomic E-state index is -4.57. The first-order valence-electron chi connectivity index (χ1n) is 14.4. The molecule has 1 aliphatic rings. The fourth-order valence-corrected chi connectivity index (χ4v) is 4.74. The molecule has 0 bridgehead atoms. The molecule has 5 N–H and O–H groups in total. The second-order valence-electron chi connectivity index (χ2n) is 10.3. The van der Waals surface area contributed by atoms with Crippen molar-refractivity contribution in [2.75, 3.05) is 59.2 Å². The van der Waals surface area contributed by atoms with Gasteiger partial charge in [-0.1, -0.05) is 51.3 Å². The minimum absolute atomic E-state index is 0. The number of carbonyl (C=O) groups is 1. The quantitative estimate of drug-likeness (QED) is 0.172. The summed E-state index contributed by atoms with van der Waals surface area (Å²) in [6.45, 7) is 7.40. The Balaban J connectivity index is 0.00000705. The monoisotopic (exact) mass is 648 g/mol. The number of likely N-dealkylation sites (N-methyl/N-ethyl adjacent to an activating group) is 2. The van der Waals surface area contributed by atoms with Crippen LogP contribution in [0.15, 0.2) is 57.7 Å². The zero-order chi connectivity index (χ0) is 32.4. The van der Waals surface area contributed by atoms with Gasteiger partial charge < -0.3 is 32.0 Å². The first-order chi connectivity index (χ1) is 20.9. The molecule has 13 heteroatoms. The Morgan fingerprint density at radius 1 is 1.07 bits per heavy atom. The van der Waals surface area contributed by atoms with Crippen molar-refractivity contribution in [3.05, 3.63) is 80.8 Å². The molecule has 2 aromatic carbocycles. The van der Waals surface area contributed by atoms with E-state index in [1.54, 1.807) is 25.2 Å². The van der Waals surface area contributed by atoms with E-state index in [0.29, 0.717) is 43.0 Å². The Morgan fingerprint density at radius 3 is 2.31 bits per heavy atom. The van der Waals surface area contributed by atoms with Crippen molar-refractivity contribution in [2.24, 2.45) is 21.5 Å². The number of aliphatic imine (C=N–C) groups is 2.